The van der Waals surface area contributed by atoms with Crippen LogP contribution in [-0.2, 0) is 0 Å². The van der Waals surface area contributed by atoms with Gasteiger partial charge >= 0.3 is 0 Å². The molecule has 2 N–H and O–H groups in total. The second-order valence-corrected chi connectivity index (χ2v) is 4.06. The highest BCUT2D eigenvalue weighted by Crippen LogP contribution is 2.26. The van der Waals surface area contributed by atoms with Crippen LogP contribution in [-0.4, -0.2) is 22.1 Å². The third-order valence-corrected chi connectivity index (χ3v) is 2.82. The molecule has 0 bridgehead atoms. The first-order chi connectivity index (χ1) is 9.28. The molecule has 0 aliphatic rings. The van der Waals surface area contributed by atoms with E-state index >= 15 is 0 Å². The van der Waals surface area contributed by atoms with E-state index in [1.54, 1.807) is 19.5 Å². The number of rotatable bonds is 2. The minimum Gasteiger partial charge on any atom is -0.495 e. The second-order valence-electron chi connectivity index (χ2n) is 4.06. The van der Waals surface area contributed by atoms with E-state index in [-0.39, 0.29) is 0 Å². The minimum atomic E-state index is 0.383. The van der Waals surface area contributed by atoms with Gasteiger partial charge in [-0.3, -0.25) is 4.98 Å². The zero-order valence-electron chi connectivity index (χ0n) is 10.4. The van der Waals surface area contributed by atoms with E-state index in [0.717, 1.165) is 16.6 Å². The van der Waals surface area contributed by atoms with Crippen molar-refractivity contribution in [2.24, 2.45) is 0 Å². The number of nitrogens with two attached hydrogens (primary N) is 1. The predicted molar refractivity (Wildman–Crippen MR) is 73.7 cm³/mol. The van der Waals surface area contributed by atoms with Gasteiger partial charge in [0.25, 0.3) is 0 Å². The second kappa shape index (κ2) is 4.53. The summed E-state index contributed by atoms with van der Waals surface area (Å²) in [5.41, 5.74) is 8.95. The molecule has 19 heavy (non-hydrogen) atoms. The summed E-state index contributed by atoms with van der Waals surface area (Å²) in [5, 5.41) is 0. The third-order valence-electron chi connectivity index (χ3n) is 2.82. The number of hydrogen-bond donors (Lipinski definition) is 1. The van der Waals surface area contributed by atoms with Gasteiger partial charge in [-0.2, -0.15) is 0 Å². The van der Waals surface area contributed by atoms with Gasteiger partial charge in [-0.15, -0.1) is 0 Å². The van der Waals surface area contributed by atoms with E-state index in [1.165, 1.54) is 0 Å². The van der Waals surface area contributed by atoms with Crippen molar-refractivity contribution >= 4 is 16.9 Å². The molecule has 0 unspecified atom stereocenters. The third kappa shape index (κ3) is 2.06. The molecule has 0 saturated carbocycles. The molecule has 0 aliphatic carbocycles. The highest BCUT2D eigenvalue weighted by atomic mass is 16.5. The van der Waals surface area contributed by atoms with Crippen LogP contribution < -0.4 is 10.5 Å². The van der Waals surface area contributed by atoms with Crippen LogP contribution in [0.3, 0.4) is 0 Å². The molecule has 2 heterocycles. The lowest BCUT2D eigenvalue weighted by atomic mass is 10.2. The standard InChI is InChI=1S/C14H12N4O/c1-19-10-6-9(7-16-8-10)13-14(15)18-12-5-3-2-4-11(12)17-13/h2-8H,1H3,(H2,15,18). The molecule has 0 fully saturated rings. The number of ether oxygens (including phenoxy) is 1. The summed E-state index contributed by atoms with van der Waals surface area (Å²) >= 11 is 0. The van der Waals surface area contributed by atoms with E-state index < -0.39 is 0 Å². The molecule has 3 rings (SSSR count). The number of nitrogens with zero attached hydrogens (tertiary/aromatic N) is 3. The number of anilines is 1. The van der Waals surface area contributed by atoms with Crippen molar-refractivity contribution in [2.45, 2.75) is 0 Å². The molecule has 0 saturated heterocycles. The maximum atomic E-state index is 5.97. The van der Waals surface area contributed by atoms with E-state index in [2.05, 4.69) is 15.0 Å². The van der Waals surface area contributed by atoms with E-state index in [9.17, 15) is 0 Å². The van der Waals surface area contributed by atoms with Gasteiger partial charge < -0.3 is 10.5 Å². The van der Waals surface area contributed by atoms with Crippen molar-refractivity contribution in [1.82, 2.24) is 15.0 Å². The quantitative estimate of drug-likeness (QED) is 0.757. The topological polar surface area (TPSA) is 73.9 Å². The maximum absolute atomic E-state index is 5.97. The fourth-order valence-electron chi connectivity index (χ4n) is 1.89. The number of aromatic nitrogens is 3. The summed E-state index contributed by atoms with van der Waals surface area (Å²) in [5.74, 6) is 1.04. The number of fused-ring (bicyclic) bond motifs is 1. The van der Waals surface area contributed by atoms with Crippen LogP contribution in [0.1, 0.15) is 0 Å². The van der Waals surface area contributed by atoms with Crippen LogP contribution in [0.15, 0.2) is 42.7 Å². The van der Waals surface area contributed by atoms with E-state index in [0.29, 0.717) is 17.3 Å². The van der Waals surface area contributed by atoms with Gasteiger partial charge in [0.1, 0.15) is 11.4 Å². The van der Waals surface area contributed by atoms with Crippen molar-refractivity contribution in [2.75, 3.05) is 12.8 Å². The van der Waals surface area contributed by atoms with Crippen molar-refractivity contribution in [3.63, 3.8) is 0 Å². The lowest BCUT2D eigenvalue weighted by molar-refractivity contribution is 0.413. The number of para-hydroxylation sites is 2. The largest absolute Gasteiger partial charge is 0.495 e. The first-order valence-corrected chi connectivity index (χ1v) is 5.79. The lowest BCUT2D eigenvalue weighted by Crippen LogP contribution is -1.99. The molecule has 0 spiro atoms. The van der Waals surface area contributed by atoms with Crippen LogP contribution in [0.2, 0.25) is 0 Å². The molecule has 5 heteroatoms. The van der Waals surface area contributed by atoms with Crippen LogP contribution in [0, 0.1) is 0 Å². The van der Waals surface area contributed by atoms with Crippen LogP contribution in [0.5, 0.6) is 5.75 Å². The summed E-state index contributed by atoms with van der Waals surface area (Å²) in [6.07, 6.45) is 3.33. The molecule has 94 valence electrons. The van der Waals surface area contributed by atoms with Crippen molar-refractivity contribution < 1.29 is 4.74 Å². The zero-order chi connectivity index (χ0) is 13.2. The molecule has 5 nitrogen and oxygen atoms in total. The molecule has 0 aliphatic heterocycles. The Morgan fingerprint density at radius 1 is 1.05 bits per heavy atom. The van der Waals surface area contributed by atoms with Crippen molar-refractivity contribution in [3.05, 3.63) is 42.7 Å². The molecule has 0 amide bonds. The molecule has 1 aromatic carbocycles. The molecular formula is C14H12N4O. The van der Waals surface area contributed by atoms with Gasteiger partial charge in [0.05, 0.1) is 24.3 Å². The molecule has 3 aromatic rings. The normalized spacial score (nSPS) is 10.6. The first-order valence-electron chi connectivity index (χ1n) is 5.79. The van der Waals surface area contributed by atoms with Crippen molar-refractivity contribution in [1.29, 1.82) is 0 Å². The average Bonchev–Trinajstić information content (AvgIpc) is 2.46. The highest BCUT2D eigenvalue weighted by molar-refractivity contribution is 5.82. The van der Waals surface area contributed by atoms with Crippen LogP contribution in [0.4, 0.5) is 5.82 Å². The zero-order valence-corrected chi connectivity index (χ0v) is 10.4. The summed E-state index contributed by atoms with van der Waals surface area (Å²) in [6.45, 7) is 0. The Labute approximate surface area is 110 Å². The summed E-state index contributed by atoms with van der Waals surface area (Å²) in [7, 11) is 1.59. The highest BCUT2D eigenvalue weighted by Gasteiger charge is 2.09. The number of nitrogen functional groups attached to an aromatic ring is 1. The van der Waals surface area contributed by atoms with Gasteiger partial charge in [-0.1, -0.05) is 12.1 Å². The SMILES string of the molecule is COc1cncc(-c2nc3ccccc3nc2N)c1. The Morgan fingerprint density at radius 3 is 2.53 bits per heavy atom. The fourth-order valence-corrected chi connectivity index (χ4v) is 1.89. The lowest BCUT2D eigenvalue weighted by Gasteiger charge is -2.07. The summed E-state index contributed by atoms with van der Waals surface area (Å²) in [6, 6.07) is 9.44. The summed E-state index contributed by atoms with van der Waals surface area (Å²) in [4.78, 5) is 13.0. The maximum Gasteiger partial charge on any atom is 0.150 e. The monoisotopic (exact) mass is 252 g/mol. The molecule has 0 atom stereocenters. The van der Waals surface area contributed by atoms with Crippen molar-refractivity contribution in [3.8, 4) is 17.0 Å². The Bertz CT molecular complexity index is 742. The summed E-state index contributed by atoms with van der Waals surface area (Å²) < 4.78 is 5.15. The Hall–Kier alpha value is -2.69. The number of benzene rings is 1. The Kier molecular flexibility index (Phi) is 2.72. The molecule has 2 aromatic heterocycles. The van der Waals surface area contributed by atoms with Gasteiger partial charge in [0, 0.05) is 11.8 Å². The smallest absolute Gasteiger partial charge is 0.150 e. The van der Waals surface area contributed by atoms with Gasteiger partial charge in [0.2, 0.25) is 0 Å². The van der Waals surface area contributed by atoms with Gasteiger partial charge in [0.15, 0.2) is 5.82 Å². The minimum absolute atomic E-state index is 0.383. The Balaban J connectivity index is 2.20. The van der Waals surface area contributed by atoms with E-state index in [4.69, 9.17) is 10.5 Å². The Morgan fingerprint density at radius 2 is 1.79 bits per heavy atom. The molecular weight excluding hydrogens is 240 g/mol. The first kappa shape index (κ1) is 11.4. The number of methoxy groups -OCH3 is 1. The molecule has 0 radical (unpaired) electrons. The predicted octanol–water partition coefficient (Wildman–Crippen LogP) is 2.28. The number of pyridine rings is 1. The van der Waals surface area contributed by atoms with Crippen LogP contribution >= 0.6 is 0 Å². The van der Waals surface area contributed by atoms with Crippen LogP contribution in [0.25, 0.3) is 22.3 Å². The van der Waals surface area contributed by atoms with Gasteiger partial charge in [-0.25, -0.2) is 9.97 Å². The average molecular weight is 252 g/mol. The number of hydrogen-bond acceptors (Lipinski definition) is 5. The van der Waals surface area contributed by atoms with E-state index in [1.807, 2.05) is 30.3 Å². The van der Waals surface area contributed by atoms with Gasteiger partial charge in [-0.05, 0) is 18.2 Å². The fraction of sp³-hybridized carbons (Fsp3) is 0.0714.